The van der Waals surface area contributed by atoms with Crippen LogP contribution < -0.4 is 5.32 Å². The zero-order valence-electron chi connectivity index (χ0n) is 10.3. The monoisotopic (exact) mass is 327 g/mol. The number of benzene rings is 1. The van der Waals surface area contributed by atoms with Gasteiger partial charge in [0.2, 0.25) is 0 Å². The number of halogens is 2. The van der Waals surface area contributed by atoms with E-state index < -0.39 is 0 Å². The Morgan fingerprint density at radius 1 is 1.44 bits per heavy atom. The van der Waals surface area contributed by atoms with Crippen LogP contribution in [-0.2, 0) is 13.5 Å². The van der Waals surface area contributed by atoms with Crippen molar-refractivity contribution in [3.8, 4) is 0 Å². The fourth-order valence-electron chi connectivity index (χ4n) is 1.93. The van der Waals surface area contributed by atoms with Crippen LogP contribution in [0.1, 0.15) is 17.3 Å². The molecule has 0 bridgehead atoms. The largest absolute Gasteiger partial charge is 0.313 e. The molecule has 0 saturated heterocycles. The summed E-state index contributed by atoms with van der Waals surface area (Å²) in [7, 11) is 3.88. The van der Waals surface area contributed by atoms with Crippen LogP contribution in [-0.4, -0.2) is 16.8 Å². The first-order valence-corrected chi connectivity index (χ1v) is 6.88. The average Bonchev–Trinajstić information content (AvgIpc) is 2.72. The van der Waals surface area contributed by atoms with Crippen LogP contribution in [0.3, 0.4) is 0 Å². The van der Waals surface area contributed by atoms with Gasteiger partial charge in [-0.05, 0) is 30.8 Å². The molecule has 5 heteroatoms. The first-order chi connectivity index (χ1) is 8.60. The van der Waals surface area contributed by atoms with Crippen LogP contribution in [0.4, 0.5) is 0 Å². The molecule has 1 N–H and O–H groups in total. The number of nitrogens with one attached hydrogen (secondary N) is 1. The van der Waals surface area contributed by atoms with Crippen molar-refractivity contribution in [3.05, 3.63) is 51.2 Å². The second-order valence-electron chi connectivity index (χ2n) is 4.19. The Kier molecular flexibility index (Phi) is 4.43. The molecule has 0 radical (unpaired) electrons. The lowest BCUT2D eigenvalue weighted by Crippen LogP contribution is -2.19. The minimum absolute atomic E-state index is 0.214. The van der Waals surface area contributed by atoms with Crippen LogP contribution in [0.2, 0.25) is 5.02 Å². The third-order valence-electron chi connectivity index (χ3n) is 2.87. The maximum Gasteiger partial charge on any atom is 0.0643 e. The average molecular weight is 329 g/mol. The van der Waals surface area contributed by atoms with Gasteiger partial charge in [-0.1, -0.05) is 33.6 Å². The molecule has 96 valence electrons. The highest BCUT2D eigenvalue weighted by molar-refractivity contribution is 9.10. The van der Waals surface area contributed by atoms with Gasteiger partial charge in [0, 0.05) is 35.2 Å². The summed E-state index contributed by atoms with van der Waals surface area (Å²) < 4.78 is 2.84. The molecule has 1 unspecified atom stereocenters. The lowest BCUT2D eigenvalue weighted by atomic mass is 10.0. The molecule has 1 aromatic carbocycles. The molecule has 1 aromatic heterocycles. The van der Waals surface area contributed by atoms with Gasteiger partial charge in [0.1, 0.15) is 0 Å². The Morgan fingerprint density at radius 2 is 2.22 bits per heavy atom. The van der Waals surface area contributed by atoms with E-state index in [-0.39, 0.29) is 6.04 Å². The Morgan fingerprint density at radius 3 is 2.78 bits per heavy atom. The van der Waals surface area contributed by atoms with Crippen LogP contribution in [0.5, 0.6) is 0 Å². The second-order valence-corrected chi connectivity index (χ2v) is 5.48. The first kappa shape index (κ1) is 13.6. The molecular weight excluding hydrogens is 314 g/mol. The summed E-state index contributed by atoms with van der Waals surface area (Å²) in [5.74, 6) is 0. The number of likely N-dealkylation sites (N-methyl/N-ethyl adjacent to an activating group) is 1. The van der Waals surface area contributed by atoms with E-state index in [1.165, 1.54) is 5.56 Å². The number of aryl methyl sites for hydroxylation is 1. The minimum Gasteiger partial charge on any atom is -0.313 e. The van der Waals surface area contributed by atoms with Gasteiger partial charge in [-0.2, -0.15) is 5.10 Å². The molecule has 0 fully saturated rings. The minimum atomic E-state index is 0.214. The maximum atomic E-state index is 5.96. The summed E-state index contributed by atoms with van der Waals surface area (Å²) in [6.45, 7) is 0. The molecule has 0 aliphatic rings. The highest BCUT2D eigenvalue weighted by Gasteiger charge is 2.14. The van der Waals surface area contributed by atoms with Crippen molar-refractivity contribution in [1.29, 1.82) is 0 Å². The van der Waals surface area contributed by atoms with Crippen LogP contribution in [0.25, 0.3) is 0 Å². The van der Waals surface area contributed by atoms with Crippen molar-refractivity contribution in [2.45, 2.75) is 12.5 Å². The summed E-state index contributed by atoms with van der Waals surface area (Å²) in [4.78, 5) is 0. The number of nitrogens with zero attached hydrogens (tertiary/aromatic N) is 2. The number of rotatable bonds is 4. The maximum absolute atomic E-state index is 5.96. The van der Waals surface area contributed by atoms with Crippen molar-refractivity contribution < 1.29 is 0 Å². The Labute approximate surface area is 120 Å². The van der Waals surface area contributed by atoms with Gasteiger partial charge < -0.3 is 5.32 Å². The SMILES string of the molecule is CNC(Cc1ccn(C)n1)c1ccc(Cl)cc1Br. The predicted octanol–water partition coefficient (Wildman–Crippen LogP) is 3.34. The molecule has 0 aliphatic heterocycles. The summed E-state index contributed by atoms with van der Waals surface area (Å²) in [6, 6.07) is 8.11. The van der Waals surface area contributed by atoms with Crippen molar-refractivity contribution in [1.82, 2.24) is 15.1 Å². The summed E-state index contributed by atoms with van der Waals surface area (Å²) >= 11 is 9.52. The number of hydrogen-bond acceptors (Lipinski definition) is 2. The van der Waals surface area contributed by atoms with Crippen molar-refractivity contribution in [3.63, 3.8) is 0 Å². The topological polar surface area (TPSA) is 29.9 Å². The summed E-state index contributed by atoms with van der Waals surface area (Å²) in [5, 5.41) is 8.46. The molecule has 0 saturated carbocycles. The van der Waals surface area contributed by atoms with Crippen LogP contribution >= 0.6 is 27.5 Å². The van der Waals surface area contributed by atoms with Gasteiger partial charge in [0.25, 0.3) is 0 Å². The number of hydrogen-bond donors (Lipinski definition) is 1. The Balaban J connectivity index is 2.22. The molecule has 0 amide bonds. The third-order valence-corrected chi connectivity index (χ3v) is 3.79. The van der Waals surface area contributed by atoms with Gasteiger partial charge in [0.05, 0.1) is 5.69 Å². The molecule has 2 aromatic rings. The van der Waals surface area contributed by atoms with Crippen molar-refractivity contribution in [2.24, 2.45) is 7.05 Å². The third kappa shape index (κ3) is 3.13. The number of aromatic nitrogens is 2. The zero-order valence-corrected chi connectivity index (χ0v) is 12.7. The van der Waals surface area contributed by atoms with Crippen molar-refractivity contribution >= 4 is 27.5 Å². The fourth-order valence-corrected chi connectivity index (χ4v) is 2.89. The van der Waals surface area contributed by atoms with E-state index in [0.717, 1.165) is 21.6 Å². The molecular formula is C13H15BrClN3. The molecule has 0 spiro atoms. The molecule has 0 aliphatic carbocycles. The zero-order chi connectivity index (χ0) is 13.1. The highest BCUT2D eigenvalue weighted by atomic mass is 79.9. The van der Waals surface area contributed by atoms with Crippen LogP contribution in [0.15, 0.2) is 34.9 Å². The second kappa shape index (κ2) is 5.87. The molecule has 18 heavy (non-hydrogen) atoms. The lowest BCUT2D eigenvalue weighted by molar-refractivity contribution is 0.575. The van der Waals surface area contributed by atoms with Gasteiger partial charge in [-0.25, -0.2) is 0 Å². The van der Waals surface area contributed by atoms with E-state index in [0.29, 0.717) is 0 Å². The molecule has 2 rings (SSSR count). The van der Waals surface area contributed by atoms with Crippen LogP contribution in [0, 0.1) is 0 Å². The van der Waals surface area contributed by atoms with E-state index in [4.69, 9.17) is 11.6 Å². The Bertz CT molecular complexity index is 539. The smallest absolute Gasteiger partial charge is 0.0643 e. The quantitative estimate of drug-likeness (QED) is 0.933. The summed E-state index contributed by atoms with van der Waals surface area (Å²) in [6.07, 6.45) is 2.80. The first-order valence-electron chi connectivity index (χ1n) is 5.71. The molecule has 3 nitrogen and oxygen atoms in total. The van der Waals surface area contributed by atoms with E-state index >= 15 is 0 Å². The van der Waals surface area contributed by atoms with Gasteiger partial charge in [0.15, 0.2) is 0 Å². The standard InChI is InChI=1S/C13H15BrClN3/c1-16-13(8-10-5-6-18(2)17-10)11-4-3-9(15)7-12(11)14/h3-7,13,16H,8H2,1-2H3. The van der Waals surface area contributed by atoms with E-state index in [2.05, 4.69) is 26.3 Å². The predicted molar refractivity (Wildman–Crippen MR) is 77.9 cm³/mol. The van der Waals surface area contributed by atoms with E-state index in [1.54, 1.807) is 0 Å². The van der Waals surface area contributed by atoms with Gasteiger partial charge >= 0.3 is 0 Å². The van der Waals surface area contributed by atoms with E-state index in [9.17, 15) is 0 Å². The van der Waals surface area contributed by atoms with Gasteiger partial charge in [-0.3, -0.25) is 4.68 Å². The lowest BCUT2D eigenvalue weighted by Gasteiger charge is -2.17. The normalized spacial score (nSPS) is 12.7. The van der Waals surface area contributed by atoms with Gasteiger partial charge in [-0.15, -0.1) is 0 Å². The molecule has 1 heterocycles. The van der Waals surface area contributed by atoms with E-state index in [1.807, 2.05) is 49.2 Å². The highest BCUT2D eigenvalue weighted by Crippen LogP contribution is 2.28. The summed E-state index contributed by atoms with van der Waals surface area (Å²) in [5.41, 5.74) is 2.26. The molecule has 1 atom stereocenters. The fraction of sp³-hybridized carbons (Fsp3) is 0.308. The van der Waals surface area contributed by atoms with Crippen molar-refractivity contribution in [2.75, 3.05) is 7.05 Å². The Hall–Kier alpha value is -0.840.